The van der Waals surface area contributed by atoms with Crippen LogP contribution in [0.4, 0.5) is 0 Å². The van der Waals surface area contributed by atoms with Crippen molar-refractivity contribution in [2.24, 2.45) is 0 Å². The van der Waals surface area contributed by atoms with Crippen LogP contribution in [0.3, 0.4) is 0 Å². The third-order valence-electron chi connectivity index (χ3n) is 4.97. The summed E-state index contributed by atoms with van der Waals surface area (Å²) in [7, 11) is 0. The summed E-state index contributed by atoms with van der Waals surface area (Å²) in [6.07, 6.45) is 1.92. The van der Waals surface area contributed by atoms with Crippen molar-refractivity contribution in [3.63, 3.8) is 0 Å². The number of fused-ring (bicyclic) bond motifs is 1. The van der Waals surface area contributed by atoms with E-state index < -0.39 is 23.7 Å². The zero-order chi connectivity index (χ0) is 19.6. The molecule has 2 aromatic rings. The minimum atomic E-state index is -0.686. The van der Waals surface area contributed by atoms with Crippen LogP contribution in [-0.4, -0.2) is 15.0 Å². The molecule has 2 heterocycles. The highest BCUT2D eigenvalue weighted by atomic mass is 16.2. The van der Waals surface area contributed by atoms with E-state index in [1.807, 2.05) is 44.2 Å². The van der Waals surface area contributed by atoms with Gasteiger partial charge >= 0.3 is 5.69 Å². The fourth-order valence-electron chi connectivity index (χ4n) is 3.49. The van der Waals surface area contributed by atoms with Gasteiger partial charge in [-0.3, -0.25) is 14.2 Å². The van der Waals surface area contributed by atoms with E-state index >= 15 is 0 Å². The largest absolute Gasteiger partial charge is 0.348 e. The Bertz CT molecular complexity index is 1030. The van der Waals surface area contributed by atoms with Gasteiger partial charge in [-0.2, -0.15) is 5.26 Å². The second-order valence-corrected chi connectivity index (χ2v) is 6.80. The molecule has 140 valence electrons. The molecule has 1 aromatic heterocycles. The summed E-state index contributed by atoms with van der Waals surface area (Å²) < 4.78 is 2.30. The fraction of sp³-hybridized carbons (Fsp3) is 0.400. The number of carbonyl (C=O) groups is 1. The summed E-state index contributed by atoms with van der Waals surface area (Å²) in [5.74, 6) is -0.427. The molecule has 1 aromatic carbocycles. The molecule has 1 amide bonds. The topological polar surface area (TPSA) is 96.9 Å². The molecule has 0 radical (unpaired) electrons. The van der Waals surface area contributed by atoms with Gasteiger partial charge in [-0.1, -0.05) is 36.8 Å². The summed E-state index contributed by atoms with van der Waals surface area (Å²) in [4.78, 5) is 37.6. The molecule has 0 unspecified atom stereocenters. The van der Waals surface area contributed by atoms with Gasteiger partial charge in [0.15, 0.2) is 0 Å². The van der Waals surface area contributed by atoms with E-state index in [1.165, 1.54) is 4.57 Å². The first-order valence-corrected chi connectivity index (χ1v) is 9.08. The Kier molecular flexibility index (Phi) is 5.26. The van der Waals surface area contributed by atoms with Crippen molar-refractivity contribution < 1.29 is 4.79 Å². The lowest BCUT2D eigenvalue weighted by Gasteiger charge is -2.18. The number of aromatic nitrogens is 2. The van der Waals surface area contributed by atoms with Gasteiger partial charge in [0.1, 0.15) is 18.2 Å². The van der Waals surface area contributed by atoms with E-state index in [9.17, 15) is 19.6 Å². The zero-order valence-corrected chi connectivity index (χ0v) is 15.5. The number of nitrogens with one attached hydrogen (secondary N) is 1. The smallest absolute Gasteiger partial charge is 0.331 e. The Morgan fingerprint density at radius 3 is 2.63 bits per heavy atom. The van der Waals surface area contributed by atoms with Gasteiger partial charge in [-0.25, -0.2) is 9.36 Å². The highest BCUT2D eigenvalue weighted by Crippen LogP contribution is 2.17. The SMILES string of the molecule is CC[C@H](NC(=O)Cn1c(=O)c(C#N)c2n(c1=O)CCC2)c1ccc(C)cc1. The van der Waals surface area contributed by atoms with Crippen molar-refractivity contribution in [2.45, 2.75) is 52.2 Å². The average Bonchev–Trinajstić information content (AvgIpc) is 3.14. The minimum Gasteiger partial charge on any atom is -0.348 e. The van der Waals surface area contributed by atoms with E-state index in [1.54, 1.807) is 0 Å². The summed E-state index contributed by atoms with van der Waals surface area (Å²) in [5, 5.41) is 12.2. The molecule has 7 heteroatoms. The molecule has 1 aliphatic heterocycles. The Hall–Kier alpha value is -3.14. The molecule has 3 rings (SSSR count). The molecule has 1 atom stereocenters. The van der Waals surface area contributed by atoms with Crippen molar-refractivity contribution in [1.29, 1.82) is 5.26 Å². The summed E-state index contributed by atoms with van der Waals surface area (Å²) in [6, 6.07) is 9.54. The summed E-state index contributed by atoms with van der Waals surface area (Å²) in [6.45, 7) is 4.01. The minimum absolute atomic E-state index is 0.0366. The molecule has 1 N–H and O–H groups in total. The van der Waals surface area contributed by atoms with Gasteiger partial charge in [0, 0.05) is 12.2 Å². The number of aryl methyl sites for hydroxylation is 1. The second-order valence-electron chi connectivity index (χ2n) is 6.80. The molecule has 0 fully saturated rings. The lowest BCUT2D eigenvalue weighted by molar-refractivity contribution is -0.122. The van der Waals surface area contributed by atoms with Gasteiger partial charge in [0.2, 0.25) is 5.91 Å². The van der Waals surface area contributed by atoms with Crippen LogP contribution in [0.1, 0.15) is 48.2 Å². The van der Waals surface area contributed by atoms with Gasteiger partial charge in [-0.15, -0.1) is 0 Å². The molecule has 0 spiro atoms. The zero-order valence-electron chi connectivity index (χ0n) is 15.5. The van der Waals surface area contributed by atoms with Crippen LogP contribution in [0.2, 0.25) is 0 Å². The van der Waals surface area contributed by atoms with Crippen molar-refractivity contribution in [3.05, 3.63) is 67.5 Å². The van der Waals surface area contributed by atoms with Gasteiger partial charge in [-0.05, 0) is 31.7 Å². The normalized spacial score (nSPS) is 13.7. The summed E-state index contributed by atoms with van der Waals surface area (Å²) >= 11 is 0. The van der Waals surface area contributed by atoms with Gasteiger partial charge < -0.3 is 5.32 Å². The monoisotopic (exact) mass is 366 g/mol. The van der Waals surface area contributed by atoms with Crippen molar-refractivity contribution in [1.82, 2.24) is 14.5 Å². The molecule has 0 saturated heterocycles. The van der Waals surface area contributed by atoms with Crippen LogP contribution < -0.4 is 16.6 Å². The van der Waals surface area contributed by atoms with Crippen molar-refractivity contribution in [2.75, 3.05) is 0 Å². The standard InChI is InChI=1S/C20H22N4O3/c1-3-16(14-8-6-13(2)7-9-14)22-18(25)12-24-19(26)15(11-21)17-5-4-10-23(17)20(24)27/h6-9,16H,3-5,10,12H2,1-2H3,(H,22,25)/t16-/m0/s1. The first kappa shape index (κ1) is 18.6. The van der Waals surface area contributed by atoms with Crippen LogP contribution in [0.25, 0.3) is 0 Å². The van der Waals surface area contributed by atoms with E-state index in [4.69, 9.17) is 0 Å². The number of hydrogen-bond donors (Lipinski definition) is 1. The Morgan fingerprint density at radius 2 is 2.00 bits per heavy atom. The van der Waals surface area contributed by atoms with Crippen molar-refractivity contribution in [3.8, 4) is 6.07 Å². The predicted molar refractivity (Wildman–Crippen MR) is 100 cm³/mol. The number of rotatable bonds is 5. The first-order chi connectivity index (χ1) is 13.0. The molecule has 1 aliphatic rings. The van der Waals surface area contributed by atoms with E-state index in [0.717, 1.165) is 15.7 Å². The second kappa shape index (κ2) is 7.62. The van der Waals surface area contributed by atoms with Crippen molar-refractivity contribution >= 4 is 5.91 Å². The van der Waals surface area contributed by atoms with E-state index in [0.29, 0.717) is 31.5 Å². The maximum Gasteiger partial charge on any atom is 0.331 e. The third-order valence-corrected chi connectivity index (χ3v) is 4.97. The van der Waals surface area contributed by atoms with E-state index in [-0.39, 0.29) is 11.6 Å². The molecule has 0 bridgehead atoms. The highest BCUT2D eigenvalue weighted by Gasteiger charge is 2.24. The number of hydrogen-bond acceptors (Lipinski definition) is 4. The van der Waals surface area contributed by atoms with Crippen LogP contribution in [0, 0.1) is 18.3 Å². The third kappa shape index (κ3) is 3.56. The van der Waals surface area contributed by atoms with Crippen LogP contribution in [0.5, 0.6) is 0 Å². The fourth-order valence-corrected chi connectivity index (χ4v) is 3.49. The van der Waals surface area contributed by atoms with Gasteiger partial charge in [0.05, 0.1) is 6.04 Å². The molecule has 7 nitrogen and oxygen atoms in total. The lowest BCUT2D eigenvalue weighted by Crippen LogP contribution is -2.45. The van der Waals surface area contributed by atoms with Crippen LogP contribution in [0.15, 0.2) is 33.9 Å². The summed E-state index contributed by atoms with van der Waals surface area (Å²) in [5.41, 5.74) is 1.33. The number of benzene rings is 1. The molecule has 0 saturated carbocycles. The number of nitrogens with zero attached hydrogens (tertiary/aromatic N) is 3. The Morgan fingerprint density at radius 1 is 1.30 bits per heavy atom. The molecule has 27 heavy (non-hydrogen) atoms. The van der Waals surface area contributed by atoms with E-state index in [2.05, 4.69) is 5.32 Å². The predicted octanol–water partition coefficient (Wildman–Crippen LogP) is 1.40. The quantitative estimate of drug-likeness (QED) is 0.865. The number of nitriles is 1. The Balaban J connectivity index is 1.86. The Labute approximate surface area is 156 Å². The van der Waals surface area contributed by atoms with Crippen LogP contribution >= 0.6 is 0 Å². The number of carbonyl (C=O) groups excluding carboxylic acids is 1. The molecular formula is C20H22N4O3. The average molecular weight is 366 g/mol. The van der Waals surface area contributed by atoms with Crippen LogP contribution in [-0.2, 0) is 24.3 Å². The first-order valence-electron chi connectivity index (χ1n) is 9.08. The number of amides is 1. The maximum atomic E-state index is 12.6. The maximum absolute atomic E-state index is 12.6. The molecule has 0 aliphatic carbocycles. The van der Waals surface area contributed by atoms with Gasteiger partial charge in [0.25, 0.3) is 5.56 Å². The molecular weight excluding hydrogens is 344 g/mol. The lowest BCUT2D eigenvalue weighted by atomic mass is 10.0. The highest BCUT2D eigenvalue weighted by molar-refractivity contribution is 5.76.